The van der Waals surface area contributed by atoms with Gasteiger partial charge in [-0.15, -0.1) is 24.0 Å². The minimum Gasteiger partial charge on any atom is -0.378 e. The second kappa shape index (κ2) is 13.5. The Bertz CT molecular complexity index is 449. The van der Waals surface area contributed by atoms with Gasteiger partial charge in [-0.1, -0.05) is 13.3 Å². The molecule has 0 bridgehead atoms. The summed E-state index contributed by atoms with van der Waals surface area (Å²) in [6.07, 6.45) is 4.30. The number of carbonyl (C=O) groups is 1. The van der Waals surface area contributed by atoms with Crippen molar-refractivity contribution in [2.75, 3.05) is 73.1 Å². The summed E-state index contributed by atoms with van der Waals surface area (Å²) in [5.41, 5.74) is 0. The Morgan fingerprint density at radius 1 is 1.15 bits per heavy atom. The number of likely N-dealkylation sites (tertiary alicyclic amines) is 1. The number of halogens is 1. The van der Waals surface area contributed by atoms with Crippen molar-refractivity contribution in [3.05, 3.63) is 0 Å². The molecule has 0 aromatic carbocycles. The Kier molecular flexibility index (Phi) is 12.3. The molecule has 2 fully saturated rings. The van der Waals surface area contributed by atoms with Gasteiger partial charge in [0.1, 0.15) is 0 Å². The van der Waals surface area contributed by atoms with Gasteiger partial charge in [0.2, 0.25) is 5.91 Å². The van der Waals surface area contributed by atoms with Crippen LogP contribution in [0.5, 0.6) is 0 Å². The Morgan fingerprint density at radius 2 is 1.81 bits per heavy atom. The van der Waals surface area contributed by atoms with E-state index < -0.39 is 0 Å². The van der Waals surface area contributed by atoms with E-state index in [-0.39, 0.29) is 29.9 Å². The largest absolute Gasteiger partial charge is 0.378 e. The number of morpholine rings is 1. The minimum absolute atomic E-state index is 0. The fourth-order valence-corrected chi connectivity index (χ4v) is 3.61. The molecule has 0 atom stereocenters. The highest BCUT2D eigenvalue weighted by molar-refractivity contribution is 14.0. The van der Waals surface area contributed by atoms with Crippen LogP contribution in [0.1, 0.15) is 32.6 Å². The zero-order valence-electron chi connectivity index (χ0n) is 17.3. The van der Waals surface area contributed by atoms with E-state index in [1.807, 2.05) is 11.9 Å². The number of ether oxygens (including phenoxy) is 1. The molecular weight excluding hydrogens is 457 g/mol. The van der Waals surface area contributed by atoms with Gasteiger partial charge in [0.15, 0.2) is 5.96 Å². The first kappa shape index (κ1) is 24.4. The first-order valence-electron chi connectivity index (χ1n) is 10.2. The predicted molar refractivity (Wildman–Crippen MR) is 121 cm³/mol. The molecule has 0 spiro atoms. The molecule has 27 heavy (non-hydrogen) atoms. The summed E-state index contributed by atoms with van der Waals surface area (Å²) in [7, 11) is 4.01. The molecule has 2 aliphatic rings. The van der Waals surface area contributed by atoms with E-state index in [0.29, 0.717) is 19.1 Å². The van der Waals surface area contributed by atoms with Crippen molar-refractivity contribution in [2.45, 2.75) is 32.6 Å². The molecule has 8 heteroatoms. The van der Waals surface area contributed by atoms with E-state index in [4.69, 9.17) is 4.74 Å². The molecule has 7 nitrogen and oxygen atoms in total. The number of rotatable bonds is 7. The maximum atomic E-state index is 12.6. The van der Waals surface area contributed by atoms with Crippen molar-refractivity contribution in [1.82, 2.24) is 20.0 Å². The lowest BCUT2D eigenvalue weighted by Gasteiger charge is -2.36. The number of nitrogens with one attached hydrogen (secondary N) is 1. The lowest BCUT2D eigenvalue weighted by atomic mass is 9.95. The highest BCUT2D eigenvalue weighted by Crippen LogP contribution is 2.20. The van der Waals surface area contributed by atoms with Crippen LogP contribution in [0.2, 0.25) is 0 Å². The van der Waals surface area contributed by atoms with E-state index in [0.717, 1.165) is 64.6 Å². The summed E-state index contributed by atoms with van der Waals surface area (Å²) in [5.74, 6) is 1.43. The first-order valence-corrected chi connectivity index (χ1v) is 10.2. The molecule has 0 saturated carbocycles. The molecule has 0 unspecified atom stereocenters. The third-order valence-electron chi connectivity index (χ3n) is 5.35. The summed E-state index contributed by atoms with van der Waals surface area (Å²) in [4.78, 5) is 23.7. The molecule has 2 saturated heterocycles. The van der Waals surface area contributed by atoms with Gasteiger partial charge in [-0.05, 0) is 32.9 Å². The zero-order valence-corrected chi connectivity index (χ0v) is 19.6. The number of hydrogen-bond acceptors (Lipinski definition) is 4. The summed E-state index contributed by atoms with van der Waals surface area (Å²) < 4.78 is 5.35. The average molecular weight is 495 g/mol. The SMILES string of the molecule is CCCCN(C)CCNC(=NC)N1CCC(C(=O)N2CCOCC2)CC1.I. The normalized spacial score (nSPS) is 19.2. The van der Waals surface area contributed by atoms with Crippen LogP contribution in [0.4, 0.5) is 0 Å². The second-order valence-electron chi connectivity index (χ2n) is 7.33. The van der Waals surface area contributed by atoms with Crippen LogP contribution in [0.25, 0.3) is 0 Å². The maximum Gasteiger partial charge on any atom is 0.225 e. The molecule has 2 rings (SSSR count). The van der Waals surface area contributed by atoms with Crippen LogP contribution in [0.3, 0.4) is 0 Å². The molecule has 0 radical (unpaired) electrons. The van der Waals surface area contributed by atoms with E-state index >= 15 is 0 Å². The molecule has 0 aromatic rings. The fourth-order valence-electron chi connectivity index (χ4n) is 3.61. The quantitative estimate of drug-likeness (QED) is 0.330. The van der Waals surface area contributed by atoms with Crippen LogP contribution in [0, 0.1) is 5.92 Å². The maximum absolute atomic E-state index is 12.6. The van der Waals surface area contributed by atoms with Gasteiger partial charge in [-0.25, -0.2) is 0 Å². The van der Waals surface area contributed by atoms with Crippen LogP contribution in [-0.2, 0) is 9.53 Å². The Morgan fingerprint density at radius 3 is 2.41 bits per heavy atom. The Hall–Kier alpha value is -0.610. The van der Waals surface area contributed by atoms with E-state index in [2.05, 4.69) is 34.1 Å². The molecule has 2 heterocycles. The number of piperidine rings is 1. The second-order valence-corrected chi connectivity index (χ2v) is 7.33. The number of amides is 1. The summed E-state index contributed by atoms with van der Waals surface area (Å²) in [5, 5.41) is 3.48. The van der Waals surface area contributed by atoms with Gasteiger partial charge in [0.25, 0.3) is 0 Å². The molecule has 2 aliphatic heterocycles. The zero-order chi connectivity index (χ0) is 18.8. The summed E-state index contributed by atoms with van der Waals surface area (Å²) in [6, 6.07) is 0. The molecule has 0 aliphatic carbocycles. The van der Waals surface area contributed by atoms with E-state index in [1.165, 1.54) is 12.8 Å². The molecule has 1 N–H and O–H groups in total. The van der Waals surface area contributed by atoms with Gasteiger partial charge in [-0.2, -0.15) is 0 Å². The first-order chi connectivity index (χ1) is 12.7. The highest BCUT2D eigenvalue weighted by atomic mass is 127. The number of aliphatic imine (C=N–C) groups is 1. The summed E-state index contributed by atoms with van der Waals surface area (Å²) in [6.45, 7) is 9.92. The van der Waals surface area contributed by atoms with Gasteiger partial charge < -0.3 is 24.8 Å². The standard InChI is InChI=1S/C19H37N5O2.HI/c1-4-5-9-22(3)12-8-21-19(20-2)24-10-6-17(7-11-24)18(25)23-13-15-26-16-14-23;/h17H,4-16H2,1-3H3,(H,20,21);1H. The van der Waals surface area contributed by atoms with Gasteiger partial charge in [0, 0.05) is 52.2 Å². The van der Waals surface area contributed by atoms with Gasteiger partial charge in [0.05, 0.1) is 13.2 Å². The Labute approximate surface area is 181 Å². The van der Waals surface area contributed by atoms with E-state index in [9.17, 15) is 4.79 Å². The fraction of sp³-hybridized carbons (Fsp3) is 0.895. The van der Waals surface area contributed by atoms with Crippen molar-refractivity contribution in [3.63, 3.8) is 0 Å². The van der Waals surface area contributed by atoms with Crippen molar-refractivity contribution in [2.24, 2.45) is 10.9 Å². The number of hydrogen-bond donors (Lipinski definition) is 1. The van der Waals surface area contributed by atoms with Crippen molar-refractivity contribution in [1.29, 1.82) is 0 Å². The van der Waals surface area contributed by atoms with Crippen LogP contribution in [0.15, 0.2) is 4.99 Å². The molecular formula is C19H38IN5O2. The lowest BCUT2D eigenvalue weighted by Crippen LogP contribution is -2.50. The van der Waals surface area contributed by atoms with Crippen LogP contribution in [-0.4, -0.2) is 99.7 Å². The average Bonchev–Trinajstić information content (AvgIpc) is 2.70. The van der Waals surface area contributed by atoms with Crippen LogP contribution >= 0.6 is 24.0 Å². The number of carbonyl (C=O) groups excluding carboxylic acids is 1. The Balaban J connectivity index is 0.00000364. The topological polar surface area (TPSA) is 60.4 Å². The highest BCUT2D eigenvalue weighted by Gasteiger charge is 2.30. The monoisotopic (exact) mass is 495 g/mol. The minimum atomic E-state index is 0. The lowest BCUT2D eigenvalue weighted by molar-refractivity contribution is -0.140. The third kappa shape index (κ3) is 8.11. The van der Waals surface area contributed by atoms with Crippen molar-refractivity contribution < 1.29 is 9.53 Å². The van der Waals surface area contributed by atoms with Gasteiger partial charge >= 0.3 is 0 Å². The number of likely N-dealkylation sites (N-methyl/N-ethyl adjacent to an activating group) is 1. The molecule has 1 amide bonds. The number of guanidine groups is 1. The third-order valence-corrected chi connectivity index (χ3v) is 5.35. The van der Waals surface area contributed by atoms with Crippen molar-refractivity contribution in [3.8, 4) is 0 Å². The summed E-state index contributed by atoms with van der Waals surface area (Å²) >= 11 is 0. The predicted octanol–water partition coefficient (Wildman–Crippen LogP) is 1.48. The number of nitrogens with zero attached hydrogens (tertiary/aromatic N) is 4. The smallest absolute Gasteiger partial charge is 0.225 e. The van der Waals surface area contributed by atoms with Crippen molar-refractivity contribution >= 4 is 35.8 Å². The molecule has 0 aromatic heterocycles. The van der Waals surface area contributed by atoms with Gasteiger partial charge in [-0.3, -0.25) is 9.79 Å². The van der Waals surface area contributed by atoms with E-state index in [1.54, 1.807) is 0 Å². The van der Waals surface area contributed by atoms with Crippen LogP contribution < -0.4 is 5.32 Å². The molecule has 158 valence electrons. The number of unbranched alkanes of at least 4 members (excludes halogenated alkanes) is 1.